The van der Waals surface area contributed by atoms with Crippen LogP contribution in [0.2, 0.25) is 0 Å². The summed E-state index contributed by atoms with van der Waals surface area (Å²) in [4.78, 5) is 9.72. The molecule has 0 saturated heterocycles. The monoisotopic (exact) mass is 299 g/mol. The highest BCUT2D eigenvalue weighted by Crippen LogP contribution is 2.34. The van der Waals surface area contributed by atoms with Gasteiger partial charge in [0.25, 0.3) is 0 Å². The lowest BCUT2D eigenvalue weighted by Crippen LogP contribution is -1.97. The Kier molecular flexibility index (Phi) is 5.71. The Morgan fingerprint density at radius 1 is 1.00 bits per heavy atom. The molecule has 0 saturated carbocycles. The summed E-state index contributed by atoms with van der Waals surface area (Å²) in [7, 11) is 0. The maximum absolute atomic E-state index is 13.3. The number of nitro groups is 1. The van der Waals surface area contributed by atoms with E-state index in [0.29, 0.717) is 6.07 Å². The zero-order valence-electron chi connectivity index (χ0n) is 11.3. The molecule has 112 valence electrons. The highest BCUT2D eigenvalue weighted by atomic mass is 19.1. The maximum atomic E-state index is 13.3. The first-order chi connectivity index (χ1) is 9.99. The van der Waals surface area contributed by atoms with Gasteiger partial charge in [-0.25, -0.2) is 8.78 Å². The van der Waals surface area contributed by atoms with Crippen molar-refractivity contribution in [3.63, 3.8) is 0 Å². The van der Waals surface area contributed by atoms with Crippen molar-refractivity contribution in [3.8, 4) is 11.5 Å². The molecule has 0 N–H and O–H groups in total. The molecule has 0 radical (unpaired) electrons. The van der Waals surface area contributed by atoms with E-state index in [2.05, 4.69) is 0 Å². The van der Waals surface area contributed by atoms with Crippen molar-refractivity contribution in [2.24, 2.45) is 0 Å². The van der Waals surface area contributed by atoms with Crippen LogP contribution in [-0.4, -0.2) is 4.92 Å². The number of rotatable bonds is 3. The fraction of sp³-hybridized carbons (Fsp3) is 0.143. The van der Waals surface area contributed by atoms with Crippen LogP contribution in [0, 0.1) is 27.6 Å². The van der Waals surface area contributed by atoms with E-state index in [0.717, 1.165) is 24.3 Å². The SMILES string of the molecule is CC.O=[N+]([O-])c1c(F)cccc1Oc1ccc(F)cc1F. The van der Waals surface area contributed by atoms with Gasteiger partial charge in [-0.15, -0.1) is 0 Å². The van der Waals surface area contributed by atoms with Crippen molar-refractivity contribution in [3.05, 3.63) is 64.0 Å². The molecule has 0 atom stereocenters. The smallest absolute Gasteiger partial charge is 0.346 e. The molecule has 2 rings (SSSR count). The first kappa shape index (κ1) is 16.5. The molecule has 21 heavy (non-hydrogen) atoms. The third-order valence-corrected chi connectivity index (χ3v) is 2.25. The lowest BCUT2D eigenvalue weighted by atomic mass is 10.2. The van der Waals surface area contributed by atoms with Gasteiger partial charge in [0.2, 0.25) is 11.6 Å². The lowest BCUT2D eigenvalue weighted by molar-refractivity contribution is -0.388. The molecule has 2 aromatic rings. The molecule has 0 spiro atoms. The number of halogens is 3. The Bertz CT molecular complexity index is 647. The Morgan fingerprint density at radius 3 is 2.24 bits per heavy atom. The van der Waals surface area contributed by atoms with Gasteiger partial charge in [0.1, 0.15) is 5.82 Å². The molecule has 0 aliphatic carbocycles. The molecule has 0 amide bonds. The molecular weight excluding hydrogens is 287 g/mol. The van der Waals surface area contributed by atoms with Crippen LogP contribution in [0.4, 0.5) is 18.9 Å². The largest absolute Gasteiger partial charge is 0.447 e. The van der Waals surface area contributed by atoms with E-state index >= 15 is 0 Å². The third kappa shape index (κ3) is 3.95. The van der Waals surface area contributed by atoms with Crippen molar-refractivity contribution in [1.82, 2.24) is 0 Å². The minimum absolute atomic E-state index is 0.435. The molecule has 0 aliphatic rings. The molecule has 0 heterocycles. The lowest BCUT2D eigenvalue weighted by Gasteiger charge is -2.07. The highest BCUT2D eigenvalue weighted by Gasteiger charge is 2.22. The average molecular weight is 299 g/mol. The predicted molar refractivity (Wildman–Crippen MR) is 70.8 cm³/mol. The third-order valence-electron chi connectivity index (χ3n) is 2.25. The zero-order chi connectivity index (χ0) is 16.0. The second kappa shape index (κ2) is 7.28. The van der Waals surface area contributed by atoms with Crippen molar-refractivity contribution in [2.45, 2.75) is 13.8 Å². The fourth-order valence-electron chi connectivity index (χ4n) is 1.43. The summed E-state index contributed by atoms with van der Waals surface area (Å²) in [6.45, 7) is 4.00. The first-order valence-electron chi connectivity index (χ1n) is 6.05. The van der Waals surface area contributed by atoms with Crippen LogP contribution >= 0.6 is 0 Å². The van der Waals surface area contributed by atoms with Crippen LogP contribution in [0.25, 0.3) is 0 Å². The summed E-state index contributed by atoms with van der Waals surface area (Å²) in [5, 5.41) is 10.7. The van der Waals surface area contributed by atoms with Gasteiger partial charge in [0.05, 0.1) is 4.92 Å². The second-order valence-electron chi connectivity index (χ2n) is 3.52. The molecule has 0 bridgehead atoms. The molecular formula is C14H12F3NO3. The van der Waals surface area contributed by atoms with E-state index in [1.165, 1.54) is 6.07 Å². The minimum atomic E-state index is -1.11. The number of nitro benzene ring substituents is 1. The maximum Gasteiger partial charge on any atom is 0.346 e. The predicted octanol–water partition coefficient (Wildman–Crippen LogP) is 4.83. The topological polar surface area (TPSA) is 52.4 Å². The zero-order valence-corrected chi connectivity index (χ0v) is 11.3. The number of para-hydroxylation sites is 1. The van der Waals surface area contributed by atoms with Crippen molar-refractivity contribution < 1.29 is 22.8 Å². The molecule has 0 unspecified atom stereocenters. The van der Waals surface area contributed by atoms with E-state index in [9.17, 15) is 23.3 Å². The molecule has 7 heteroatoms. The summed E-state index contributed by atoms with van der Waals surface area (Å²) in [5.74, 6) is -3.87. The fourth-order valence-corrected chi connectivity index (χ4v) is 1.43. The standard InChI is InChI=1S/C12H6F3NO3.C2H6/c13-7-4-5-10(9(15)6-7)19-11-3-1-2-8(14)12(11)16(17)18;1-2/h1-6H;1-2H3. The van der Waals surface area contributed by atoms with Crippen LogP contribution in [0.5, 0.6) is 11.5 Å². The van der Waals surface area contributed by atoms with E-state index in [-0.39, 0.29) is 0 Å². The minimum Gasteiger partial charge on any atom is -0.447 e. The summed E-state index contributed by atoms with van der Waals surface area (Å²) in [6, 6.07) is 5.61. The van der Waals surface area contributed by atoms with Gasteiger partial charge >= 0.3 is 5.69 Å². The number of nitrogens with zero attached hydrogens (tertiary/aromatic N) is 1. The first-order valence-corrected chi connectivity index (χ1v) is 6.05. The van der Waals surface area contributed by atoms with Crippen LogP contribution in [0.15, 0.2) is 36.4 Å². The van der Waals surface area contributed by atoms with Gasteiger partial charge in [-0.2, -0.15) is 4.39 Å². The Labute approximate surface area is 118 Å². The van der Waals surface area contributed by atoms with Gasteiger partial charge in [-0.1, -0.05) is 19.9 Å². The van der Waals surface area contributed by atoms with Gasteiger partial charge in [0, 0.05) is 6.07 Å². The summed E-state index contributed by atoms with van der Waals surface area (Å²) in [6.07, 6.45) is 0. The second-order valence-corrected chi connectivity index (χ2v) is 3.52. The summed E-state index contributed by atoms with van der Waals surface area (Å²) >= 11 is 0. The van der Waals surface area contributed by atoms with Crippen LogP contribution in [0.1, 0.15) is 13.8 Å². The van der Waals surface area contributed by atoms with Gasteiger partial charge in [0.15, 0.2) is 11.6 Å². The van der Waals surface area contributed by atoms with E-state index < -0.39 is 39.6 Å². The van der Waals surface area contributed by atoms with Gasteiger partial charge in [-0.05, 0) is 24.3 Å². The van der Waals surface area contributed by atoms with Crippen LogP contribution < -0.4 is 4.74 Å². The van der Waals surface area contributed by atoms with Crippen LogP contribution in [0.3, 0.4) is 0 Å². The van der Waals surface area contributed by atoms with E-state index in [1.54, 1.807) is 0 Å². The number of hydrogen-bond acceptors (Lipinski definition) is 3. The molecule has 4 nitrogen and oxygen atoms in total. The highest BCUT2D eigenvalue weighted by molar-refractivity contribution is 5.49. The normalized spacial score (nSPS) is 9.57. The average Bonchev–Trinajstić information content (AvgIpc) is 2.44. The van der Waals surface area contributed by atoms with Crippen LogP contribution in [-0.2, 0) is 0 Å². The molecule has 2 aromatic carbocycles. The molecule has 0 aliphatic heterocycles. The van der Waals surface area contributed by atoms with Gasteiger partial charge < -0.3 is 4.74 Å². The van der Waals surface area contributed by atoms with E-state index in [1.807, 2.05) is 13.8 Å². The number of ether oxygens (including phenoxy) is 1. The number of hydrogen-bond donors (Lipinski definition) is 0. The van der Waals surface area contributed by atoms with Crippen molar-refractivity contribution in [2.75, 3.05) is 0 Å². The molecule has 0 fully saturated rings. The van der Waals surface area contributed by atoms with Crippen molar-refractivity contribution >= 4 is 5.69 Å². The Morgan fingerprint density at radius 2 is 1.67 bits per heavy atom. The summed E-state index contributed by atoms with van der Waals surface area (Å²) < 4.78 is 44.2. The Balaban J connectivity index is 0.00000106. The quantitative estimate of drug-likeness (QED) is 0.602. The number of benzene rings is 2. The van der Waals surface area contributed by atoms with Gasteiger partial charge in [-0.3, -0.25) is 10.1 Å². The van der Waals surface area contributed by atoms with E-state index in [4.69, 9.17) is 4.74 Å². The Hall–Kier alpha value is -2.57. The van der Waals surface area contributed by atoms with Crippen molar-refractivity contribution in [1.29, 1.82) is 0 Å². The molecule has 0 aromatic heterocycles. The summed E-state index contributed by atoms with van der Waals surface area (Å²) in [5.41, 5.74) is -0.911.